The number of hydrogen-bond acceptors (Lipinski definition) is 2. The van der Waals surface area contributed by atoms with Gasteiger partial charge in [-0.05, 0) is 47.2 Å². The van der Waals surface area contributed by atoms with Crippen molar-refractivity contribution in [1.29, 1.82) is 0 Å². The summed E-state index contributed by atoms with van der Waals surface area (Å²) in [6.45, 7) is 8.15. The first-order chi connectivity index (χ1) is 12.3. The Morgan fingerprint density at radius 3 is 1.96 bits per heavy atom. The topological polar surface area (TPSA) is 58.2 Å². The van der Waals surface area contributed by atoms with Gasteiger partial charge in [0.1, 0.15) is 5.82 Å². The summed E-state index contributed by atoms with van der Waals surface area (Å²) in [7, 11) is 0. The van der Waals surface area contributed by atoms with Gasteiger partial charge in [-0.2, -0.15) is 0 Å². The molecule has 2 aromatic rings. The van der Waals surface area contributed by atoms with Crippen molar-refractivity contribution in [3.8, 4) is 0 Å². The molecule has 5 heteroatoms. The second kappa shape index (κ2) is 8.61. The summed E-state index contributed by atoms with van der Waals surface area (Å²) in [5, 5.41) is 5.51. The zero-order valence-electron chi connectivity index (χ0n) is 15.6. The Labute approximate surface area is 153 Å². The van der Waals surface area contributed by atoms with E-state index in [0.29, 0.717) is 5.56 Å². The molecule has 0 aliphatic rings. The van der Waals surface area contributed by atoms with Gasteiger partial charge in [-0.3, -0.25) is 9.59 Å². The monoisotopic (exact) mass is 356 g/mol. The molecule has 0 aliphatic carbocycles. The number of benzene rings is 2. The Morgan fingerprint density at radius 1 is 0.923 bits per heavy atom. The molecule has 0 saturated heterocycles. The van der Waals surface area contributed by atoms with Gasteiger partial charge in [0.15, 0.2) is 0 Å². The van der Waals surface area contributed by atoms with Crippen molar-refractivity contribution in [3.63, 3.8) is 0 Å². The third-order valence-electron chi connectivity index (χ3n) is 4.15. The predicted molar refractivity (Wildman–Crippen MR) is 102 cm³/mol. The van der Waals surface area contributed by atoms with E-state index in [4.69, 9.17) is 0 Å². The van der Waals surface area contributed by atoms with Crippen LogP contribution in [0.25, 0.3) is 0 Å². The molecule has 138 valence electrons. The summed E-state index contributed by atoms with van der Waals surface area (Å²) in [6.07, 6.45) is 0. The molecule has 2 aromatic carbocycles. The molecule has 2 amide bonds. The number of anilines is 1. The van der Waals surface area contributed by atoms with Gasteiger partial charge in [0, 0.05) is 11.3 Å². The molecule has 26 heavy (non-hydrogen) atoms. The normalized spacial score (nSPS) is 10.9. The number of rotatable bonds is 6. The maximum Gasteiger partial charge on any atom is 0.251 e. The van der Waals surface area contributed by atoms with Crippen LogP contribution in [0.2, 0.25) is 0 Å². The summed E-state index contributed by atoms with van der Waals surface area (Å²) in [5.41, 5.74) is 3.26. The molecular weight excluding hydrogens is 331 g/mol. The van der Waals surface area contributed by atoms with Crippen LogP contribution in [-0.4, -0.2) is 18.4 Å². The van der Waals surface area contributed by atoms with Crippen LogP contribution < -0.4 is 10.6 Å². The summed E-state index contributed by atoms with van der Waals surface area (Å²) >= 11 is 0. The molecule has 0 unspecified atom stereocenters. The maximum atomic E-state index is 12.9. The van der Waals surface area contributed by atoms with Gasteiger partial charge < -0.3 is 10.6 Å². The second-order valence-corrected chi connectivity index (χ2v) is 6.86. The van der Waals surface area contributed by atoms with E-state index >= 15 is 0 Å². The number of carbonyl (C=O) groups excluding carboxylic acids is 2. The molecule has 2 rings (SSSR count). The molecule has 0 fully saturated rings. The maximum absolute atomic E-state index is 12.9. The van der Waals surface area contributed by atoms with Gasteiger partial charge >= 0.3 is 0 Å². The first-order valence-electron chi connectivity index (χ1n) is 8.76. The quantitative estimate of drug-likeness (QED) is 0.804. The predicted octanol–water partition coefficient (Wildman–Crippen LogP) is 4.44. The number of para-hydroxylation sites is 1. The summed E-state index contributed by atoms with van der Waals surface area (Å²) in [6, 6.07) is 11.2. The van der Waals surface area contributed by atoms with E-state index in [0.717, 1.165) is 16.8 Å². The molecule has 4 nitrogen and oxygen atoms in total. The zero-order chi connectivity index (χ0) is 19.3. The van der Waals surface area contributed by atoms with Crippen LogP contribution >= 0.6 is 0 Å². The lowest BCUT2D eigenvalue weighted by molar-refractivity contribution is -0.115. The third-order valence-corrected chi connectivity index (χ3v) is 4.15. The van der Waals surface area contributed by atoms with E-state index in [1.165, 1.54) is 24.3 Å². The van der Waals surface area contributed by atoms with E-state index in [1.807, 2.05) is 18.2 Å². The first kappa shape index (κ1) is 19.6. The molecule has 0 saturated carbocycles. The highest BCUT2D eigenvalue weighted by molar-refractivity contribution is 5.99. The Morgan fingerprint density at radius 2 is 1.46 bits per heavy atom. The summed E-state index contributed by atoms with van der Waals surface area (Å²) in [4.78, 5) is 24.4. The van der Waals surface area contributed by atoms with E-state index in [9.17, 15) is 14.0 Å². The number of hydrogen-bond donors (Lipinski definition) is 2. The average molecular weight is 356 g/mol. The Balaban J connectivity index is 2.08. The molecule has 2 N–H and O–H groups in total. The van der Waals surface area contributed by atoms with Gasteiger partial charge in [-0.15, -0.1) is 0 Å². The second-order valence-electron chi connectivity index (χ2n) is 6.86. The van der Waals surface area contributed by atoms with Crippen LogP contribution in [0.4, 0.5) is 10.1 Å². The van der Waals surface area contributed by atoms with Gasteiger partial charge in [0.25, 0.3) is 5.91 Å². The van der Waals surface area contributed by atoms with Crippen LogP contribution in [0.3, 0.4) is 0 Å². The fourth-order valence-corrected chi connectivity index (χ4v) is 2.74. The van der Waals surface area contributed by atoms with Crippen LogP contribution in [0, 0.1) is 5.82 Å². The van der Waals surface area contributed by atoms with Crippen LogP contribution in [-0.2, 0) is 4.79 Å². The largest absolute Gasteiger partial charge is 0.343 e. The third kappa shape index (κ3) is 4.91. The molecule has 0 aliphatic heterocycles. The zero-order valence-corrected chi connectivity index (χ0v) is 15.6. The van der Waals surface area contributed by atoms with Crippen molar-refractivity contribution >= 4 is 17.5 Å². The van der Waals surface area contributed by atoms with Crippen molar-refractivity contribution in [1.82, 2.24) is 5.32 Å². The summed E-state index contributed by atoms with van der Waals surface area (Å²) < 4.78 is 12.9. The average Bonchev–Trinajstić information content (AvgIpc) is 2.60. The molecule has 0 atom stereocenters. The number of carbonyl (C=O) groups is 2. The molecule has 0 radical (unpaired) electrons. The van der Waals surface area contributed by atoms with Gasteiger partial charge in [-0.1, -0.05) is 45.9 Å². The van der Waals surface area contributed by atoms with Crippen molar-refractivity contribution in [3.05, 3.63) is 65.0 Å². The lowest BCUT2D eigenvalue weighted by Gasteiger charge is -2.20. The van der Waals surface area contributed by atoms with Gasteiger partial charge in [0.2, 0.25) is 5.91 Å². The molecule has 0 spiro atoms. The van der Waals surface area contributed by atoms with Crippen LogP contribution in [0.1, 0.15) is 61.0 Å². The highest BCUT2D eigenvalue weighted by Gasteiger charge is 2.16. The summed E-state index contributed by atoms with van der Waals surface area (Å²) in [5.74, 6) is -0.599. The Kier molecular flexibility index (Phi) is 6.50. The number of halogens is 1. The van der Waals surface area contributed by atoms with E-state index < -0.39 is 11.7 Å². The standard InChI is InChI=1S/C21H25FN2O2/c1-13(2)17-6-5-7-18(14(3)4)20(17)24-19(25)12-23-21(26)15-8-10-16(22)11-9-15/h5-11,13-14H,12H2,1-4H3,(H,23,26)(H,24,25). The highest BCUT2D eigenvalue weighted by Crippen LogP contribution is 2.32. The molecule has 0 bridgehead atoms. The van der Waals surface area contributed by atoms with Crippen molar-refractivity contribution in [2.75, 3.05) is 11.9 Å². The van der Waals surface area contributed by atoms with Crippen molar-refractivity contribution in [2.45, 2.75) is 39.5 Å². The fourth-order valence-electron chi connectivity index (χ4n) is 2.74. The first-order valence-corrected chi connectivity index (χ1v) is 8.76. The molecular formula is C21H25FN2O2. The molecule has 0 heterocycles. The lowest BCUT2D eigenvalue weighted by Crippen LogP contribution is -2.33. The Bertz CT molecular complexity index is 757. The van der Waals surface area contributed by atoms with Crippen molar-refractivity contribution in [2.24, 2.45) is 0 Å². The van der Waals surface area contributed by atoms with Gasteiger partial charge in [-0.25, -0.2) is 4.39 Å². The van der Waals surface area contributed by atoms with Crippen LogP contribution in [0.15, 0.2) is 42.5 Å². The van der Waals surface area contributed by atoms with Gasteiger partial charge in [0.05, 0.1) is 6.54 Å². The van der Waals surface area contributed by atoms with Crippen molar-refractivity contribution < 1.29 is 14.0 Å². The Hall–Kier alpha value is -2.69. The van der Waals surface area contributed by atoms with E-state index in [-0.39, 0.29) is 24.3 Å². The lowest BCUT2D eigenvalue weighted by atomic mass is 9.92. The SMILES string of the molecule is CC(C)c1cccc(C(C)C)c1NC(=O)CNC(=O)c1ccc(F)cc1. The number of amides is 2. The number of nitrogens with one attached hydrogen (secondary N) is 2. The fraction of sp³-hybridized carbons (Fsp3) is 0.333. The smallest absolute Gasteiger partial charge is 0.251 e. The minimum absolute atomic E-state index is 0.153. The van der Waals surface area contributed by atoms with E-state index in [1.54, 1.807) is 0 Å². The molecule has 0 aromatic heterocycles. The van der Waals surface area contributed by atoms with E-state index in [2.05, 4.69) is 38.3 Å². The minimum Gasteiger partial charge on any atom is -0.343 e. The highest BCUT2D eigenvalue weighted by atomic mass is 19.1. The minimum atomic E-state index is -0.415. The van der Waals surface area contributed by atoms with Crippen LogP contribution in [0.5, 0.6) is 0 Å².